The van der Waals surface area contributed by atoms with Gasteiger partial charge in [0.05, 0.1) is 11.9 Å². The van der Waals surface area contributed by atoms with Crippen molar-refractivity contribution in [3.8, 4) is 11.3 Å². The molecule has 3 aromatic rings. The molecule has 0 aliphatic heterocycles. The number of hydrogen-bond donors (Lipinski definition) is 1. The smallest absolute Gasteiger partial charge is 0.154 e. The van der Waals surface area contributed by atoms with E-state index in [0.29, 0.717) is 11.1 Å². The molecule has 5 heteroatoms. The van der Waals surface area contributed by atoms with Crippen LogP contribution in [-0.4, -0.2) is 20.6 Å². The third-order valence-corrected chi connectivity index (χ3v) is 4.42. The molecule has 0 amide bonds. The van der Waals surface area contributed by atoms with Crippen LogP contribution in [0, 0.1) is 0 Å². The van der Waals surface area contributed by atoms with Crippen molar-refractivity contribution >= 4 is 23.1 Å². The predicted octanol–water partition coefficient (Wildman–Crippen LogP) is 4.40. The van der Waals surface area contributed by atoms with Crippen molar-refractivity contribution in [2.45, 2.75) is 31.7 Å². The van der Waals surface area contributed by atoms with Gasteiger partial charge < -0.3 is 5.32 Å². The van der Waals surface area contributed by atoms with Crippen LogP contribution in [0.25, 0.3) is 16.9 Å². The number of halogens is 1. The van der Waals surface area contributed by atoms with E-state index in [-0.39, 0.29) is 0 Å². The van der Waals surface area contributed by atoms with Crippen molar-refractivity contribution in [2.75, 3.05) is 5.32 Å². The molecule has 22 heavy (non-hydrogen) atoms. The van der Waals surface area contributed by atoms with Gasteiger partial charge in [0.1, 0.15) is 5.82 Å². The second-order valence-electron chi connectivity index (χ2n) is 5.77. The van der Waals surface area contributed by atoms with Crippen molar-refractivity contribution in [3.05, 3.63) is 47.6 Å². The van der Waals surface area contributed by atoms with Crippen molar-refractivity contribution in [2.24, 2.45) is 0 Å². The zero-order valence-electron chi connectivity index (χ0n) is 12.2. The number of benzene rings is 1. The van der Waals surface area contributed by atoms with E-state index in [0.717, 1.165) is 22.7 Å². The van der Waals surface area contributed by atoms with Crippen molar-refractivity contribution in [3.63, 3.8) is 0 Å². The molecular weight excluding hydrogens is 296 g/mol. The van der Waals surface area contributed by atoms with Gasteiger partial charge >= 0.3 is 0 Å². The van der Waals surface area contributed by atoms with Crippen molar-refractivity contribution in [1.29, 1.82) is 0 Å². The normalized spacial score (nSPS) is 15.5. The first kappa shape index (κ1) is 13.6. The van der Waals surface area contributed by atoms with E-state index in [9.17, 15) is 0 Å². The molecule has 4 rings (SSSR count). The lowest BCUT2D eigenvalue weighted by atomic mass is 10.2. The molecule has 2 heterocycles. The Morgan fingerprint density at radius 2 is 2.00 bits per heavy atom. The van der Waals surface area contributed by atoms with E-state index >= 15 is 0 Å². The number of aromatic nitrogens is 3. The molecule has 0 unspecified atom stereocenters. The maximum Gasteiger partial charge on any atom is 0.154 e. The summed E-state index contributed by atoms with van der Waals surface area (Å²) >= 11 is 6.10. The van der Waals surface area contributed by atoms with Crippen LogP contribution >= 0.6 is 11.6 Å². The fourth-order valence-corrected chi connectivity index (χ4v) is 3.26. The molecule has 112 valence electrons. The van der Waals surface area contributed by atoms with Crippen LogP contribution in [0.1, 0.15) is 25.7 Å². The average Bonchev–Trinajstić information content (AvgIpc) is 3.16. The summed E-state index contributed by atoms with van der Waals surface area (Å²) in [6.07, 6.45) is 6.90. The van der Waals surface area contributed by atoms with Crippen LogP contribution in [0.3, 0.4) is 0 Å². The van der Waals surface area contributed by atoms with E-state index in [2.05, 4.69) is 10.3 Å². The van der Waals surface area contributed by atoms with Gasteiger partial charge in [-0.1, -0.05) is 36.6 Å². The minimum Gasteiger partial charge on any atom is -0.366 e. The van der Waals surface area contributed by atoms with Gasteiger partial charge in [0.25, 0.3) is 0 Å². The fourth-order valence-electron chi connectivity index (χ4n) is 3.07. The minimum absolute atomic E-state index is 0.545. The fraction of sp³-hybridized carbons (Fsp3) is 0.294. The summed E-state index contributed by atoms with van der Waals surface area (Å²) in [7, 11) is 0. The van der Waals surface area contributed by atoms with Crippen LogP contribution < -0.4 is 5.32 Å². The number of rotatable bonds is 3. The number of anilines is 1. The molecule has 0 bridgehead atoms. The molecule has 1 aliphatic carbocycles. The zero-order valence-corrected chi connectivity index (χ0v) is 12.9. The second-order valence-corrected chi connectivity index (χ2v) is 6.20. The van der Waals surface area contributed by atoms with Crippen molar-refractivity contribution in [1.82, 2.24) is 14.6 Å². The van der Waals surface area contributed by atoms with Crippen molar-refractivity contribution < 1.29 is 0 Å². The molecule has 1 aromatic carbocycles. The number of nitrogens with zero attached hydrogens (tertiary/aromatic N) is 3. The highest BCUT2D eigenvalue weighted by molar-refractivity contribution is 6.30. The molecule has 1 N–H and O–H groups in total. The Kier molecular flexibility index (Phi) is 3.47. The van der Waals surface area contributed by atoms with E-state index < -0.39 is 0 Å². The topological polar surface area (TPSA) is 42.2 Å². The molecule has 2 aromatic heterocycles. The Morgan fingerprint density at radius 1 is 1.14 bits per heavy atom. The largest absolute Gasteiger partial charge is 0.366 e. The summed E-state index contributed by atoms with van der Waals surface area (Å²) in [5, 5.41) is 8.95. The highest BCUT2D eigenvalue weighted by Crippen LogP contribution is 2.25. The molecular formula is C17H17ClN4. The Hall–Kier alpha value is -2.07. The van der Waals surface area contributed by atoms with E-state index in [4.69, 9.17) is 16.7 Å². The Labute approximate surface area is 134 Å². The molecule has 0 radical (unpaired) electrons. The lowest BCUT2D eigenvalue weighted by molar-refractivity contribution is 0.743. The SMILES string of the molecule is Clc1cccc(-c2cnc3ccc(NC4CCCC4)nn23)c1. The Bertz CT molecular complexity index is 805. The van der Waals surface area contributed by atoms with Gasteiger partial charge in [-0.2, -0.15) is 0 Å². The molecule has 1 aliphatic rings. The first-order valence-corrected chi connectivity index (χ1v) is 8.05. The molecule has 0 spiro atoms. The van der Waals surface area contributed by atoms with Crippen LogP contribution in [0.4, 0.5) is 5.82 Å². The summed E-state index contributed by atoms with van der Waals surface area (Å²) in [4.78, 5) is 4.43. The highest BCUT2D eigenvalue weighted by atomic mass is 35.5. The lowest BCUT2D eigenvalue weighted by Gasteiger charge is -2.12. The van der Waals surface area contributed by atoms with Crippen LogP contribution in [0.5, 0.6) is 0 Å². The van der Waals surface area contributed by atoms with Gasteiger partial charge in [-0.05, 0) is 37.1 Å². The summed E-state index contributed by atoms with van der Waals surface area (Å²) < 4.78 is 1.88. The summed E-state index contributed by atoms with van der Waals surface area (Å²) in [6.45, 7) is 0. The van der Waals surface area contributed by atoms with E-state index in [1.54, 1.807) is 0 Å². The number of hydrogen-bond acceptors (Lipinski definition) is 3. The number of nitrogens with one attached hydrogen (secondary N) is 1. The summed E-state index contributed by atoms with van der Waals surface area (Å²) in [5.41, 5.74) is 2.81. The molecule has 1 fully saturated rings. The summed E-state index contributed by atoms with van der Waals surface area (Å²) in [5.74, 6) is 0.903. The third kappa shape index (κ3) is 2.55. The monoisotopic (exact) mass is 312 g/mol. The van der Waals surface area contributed by atoms with Gasteiger partial charge in [0.2, 0.25) is 0 Å². The molecule has 4 nitrogen and oxygen atoms in total. The van der Waals surface area contributed by atoms with Gasteiger partial charge in [-0.3, -0.25) is 0 Å². The summed E-state index contributed by atoms with van der Waals surface area (Å²) in [6, 6.07) is 12.3. The lowest BCUT2D eigenvalue weighted by Crippen LogP contribution is -2.16. The maximum absolute atomic E-state index is 6.10. The van der Waals surface area contributed by atoms with Crippen LogP contribution in [-0.2, 0) is 0 Å². The Balaban J connectivity index is 1.73. The standard InChI is InChI=1S/C17H17ClN4/c18-13-5-3-4-12(10-13)15-11-19-17-9-8-16(21-22(15)17)20-14-6-1-2-7-14/h3-5,8-11,14H,1-2,6-7H2,(H,20,21). The number of fused-ring (bicyclic) bond motifs is 1. The van der Waals surface area contributed by atoms with E-state index in [1.165, 1.54) is 25.7 Å². The molecule has 0 saturated heterocycles. The maximum atomic E-state index is 6.10. The second kappa shape index (κ2) is 5.61. The van der Waals surface area contributed by atoms with Gasteiger partial charge in [0.15, 0.2) is 5.65 Å². The quantitative estimate of drug-likeness (QED) is 0.779. The first-order chi connectivity index (χ1) is 10.8. The zero-order chi connectivity index (χ0) is 14.9. The van der Waals surface area contributed by atoms with Crippen LogP contribution in [0.2, 0.25) is 5.02 Å². The average molecular weight is 313 g/mol. The highest BCUT2D eigenvalue weighted by Gasteiger charge is 2.15. The molecule has 1 saturated carbocycles. The van der Waals surface area contributed by atoms with Gasteiger partial charge in [-0.25, -0.2) is 9.50 Å². The van der Waals surface area contributed by atoms with Crippen LogP contribution in [0.15, 0.2) is 42.6 Å². The minimum atomic E-state index is 0.545. The van der Waals surface area contributed by atoms with Gasteiger partial charge in [-0.15, -0.1) is 5.10 Å². The van der Waals surface area contributed by atoms with E-state index in [1.807, 2.05) is 47.1 Å². The number of imidazole rings is 1. The molecule has 0 atom stereocenters. The third-order valence-electron chi connectivity index (χ3n) is 4.19. The van der Waals surface area contributed by atoms with Gasteiger partial charge in [0, 0.05) is 16.6 Å². The Morgan fingerprint density at radius 3 is 2.82 bits per heavy atom. The first-order valence-electron chi connectivity index (χ1n) is 7.67. The predicted molar refractivity (Wildman–Crippen MR) is 89.3 cm³/mol.